The second-order valence-corrected chi connectivity index (χ2v) is 3.38. The van der Waals surface area contributed by atoms with E-state index >= 15 is 0 Å². The molecule has 1 aromatic rings. The average Bonchev–Trinajstić information content (AvgIpc) is 2.13. The molecule has 14 heavy (non-hydrogen) atoms. The number of aliphatic hydroxyl groups is 1. The number of hydrogen-bond donors (Lipinski definition) is 2. The quantitative estimate of drug-likeness (QED) is 0.764. The molecule has 0 amide bonds. The van der Waals surface area contributed by atoms with Gasteiger partial charge in [0.2, 0.25) is 0 Å². The van der Waals surface area contributed by atoms with Gasteiger partial charge in [-0.3, -0.25) is 0 Å². The molecule has 0 heterocycles. The lowest BCUT2D eigenvalue weighted by molar-refractivity contribution is 0.152. The van der Waals surface area contributed by atoms with Gasteiger partial charge in [0.05, 0.1) is 6.10 Å². The Kier molecular flexibility index (Phi) is 3.18. The largest absolute Gasteiger partial charge is 0.387 e. The fourth-order valence-electron chi connectivity index (χ4n) is 1.27. The Morgan fingerprint density at radius 3 is 2.43 bits per heavy atom. The summed E-state index contributed by atoms with van der Waals surface area (Å²) in [7, 11) is 0. The molecule has 4 heteroatoms. The number of halogens is 2. The van der Waals surface area contributed by atoms with Gasteiger partial charge in [0.1, 0.15) is 0 Å². The van der Waals surface area contributed by atoms with Crippen molar-refractivity contribution < 1.29 is 13.9 Å². The van der Waals surface area contributed by atoms with E-state index < -0.39 is 23.8 Å². The molecule has 0 aliphatic carbocycles. The van der Waals surface area contributed by atoms with Crippen LogP contribution < -0.4 is 5.73 Å². The summed E-state index contributed by atoms with van der Waals surface area (Å²) in [5.74, 6) is -1.84. The van der Waals surface area contributed by atoms with E-state index in [1.165, 1.54) is 13.0 Å². The highest BCUT2D eigenvalue weighted by atomic mass is 19.2. The van der Waals surface area contributed by atoms with Crippen LogP contribution >= 0.6 is 0 Å². The van der Waals surface area contributed by atoms with Crippen LogP contribution in [0.3, 0.4) is 0 Å². The lowest BCUT2D eigenvalue weighted by Crippen LogP contribution is -2.25. The van der Waals surface area contributed by atoms with E-state index in [2.05, 4.69) is 0 Å². The van der Waals surface area contributed by atoms with Gasteiger partial charge in [0, 0.05) is 6.04 Å². The van der Waals surface area contributed by atoms with Crippen LogP contribution in [-0.4, -0.2) is 11.1 Å². The molecule has 0 saturated heterocycles. The number of benzene rings is 1. The number of nitrogens with two attached hydrogens (primary N) is 1. The van der Waals surface area contributed by atoms with Gasteiger partial charge in [-0.1, -0.05) is 6.07 Å². The molecule has 0 aromatic heterocycles. The zero-order chi connectivity index (χ0) is 10.9. The molecule has 1 aromatic carbocycles. The van der Waals surface area contributed by atoms with Crippen molar-refractivity contribution in [3.63, 3.8) is 0 Å². The summed E-state index contributed by atoms with van der Waals surface area (Å²) in [6.45, 7) is 3.02. The van der Waals surface area contributed by atoms with Crippen LogP contribution in [0, 0.1) is 18.6 Å². The molecule has 0 saturated carbocycles. The maximum atomic E-state index is 13.1. The van der Waals surface area contributed by atoms with Gasteiger partial charge in [0.15, 0.2) is 11.6 Å². The van der Waals surface area contributed by atoms with Gasteiger partial charge in [-0.15, -0.1) is 0 Å². The van der Waals surface area contributed by atoms with Gasteiger partial charge in [-0.05, 0) is 31.0 Å². The van der Waals surface area contributed by atoms with E-state index in [1.807, 2.05) is 0 Å². The fraction of sp³-hybridized carbons (Fsp3) is 0.400. The normalized spacial score (nSPS) is 15.3. The molecular formula is C10H13F2NO. The Bertz CT molecular complexity index is 339. The van der Waals surface area contributed by atoms with Crippen LogP contribution in [0.5, 0.6) is 0 Å². The standard InChI is InChI=1S/C10H13F2NO/c1-5-7(10(14)6(2)13)3-4-8(11)9(5)12/h3-4,6,10,14H,13H2,1-2H3/t6-,10-/m0/s1. The third kappa shape index (κ3) is 1.91. The maximum absolute atomic E-state index is 13.1. The second kappa shape index (κ2) is 4.02. The summed E-state index contributed by atoms with van der Waals surface area (Å²) < 4.78 is 25.8. The maximum Gasteiger partial charge on any atom is 0.162 e. The van der Waals surface area contributed by atoms with Crippen LogP contribution in [-0.2, 0) is 0 Å². The lowest BCUT2D eigenvalue weighted by atomic mass is 9.99. The first-order chi connectivity index (χ1) is 6.45. The first kappa shape index (κ1) is 11.1. The van der Waals surface area contributed by atoms with Crippen LogP contribution in [0.1, 0.15) is 24.2 Å². The van der Waals surface area contributed by atoms with Gasteiger partial charge in [-0.2, -0.15) is 0 Å². The van der Waals surface area contributed by atoms with Crippen molar-refractivity contribution in [3.8, 4) is 0 Å². The van der Waals surface area contributed by atoms with Crippen molar-refractivity contribution in [1.82, 2.24) is 0 Å². The third-order valence-corrected chi connectivity index (χ3v) is 2.20. The summed E-state index contributed by atoms with van der Waals surface area (Å²) in [4.78, 5) is 0. The molecule has 78 valence electrons. The summed E-state index contributed by atoms with van der Waals surface area (Å²) >= 11 is 0. The number of hydrogen-bond acceptors (Lipinski definition) is 2. The molecular weight excluding hydrogens is 188 g/mol. The third-order valence-electron chi connectivity index (χ3n) is 2.20. The molecule has 0 aliphatic heterocycles. The minimum atomic E-state index is -0.968. The number of aliphatic hydroxyl groups excluding tert-OH is 1. The SMILES string of the molecule is Cc1c([C@@H](O)[C@H](C)N)ccc(F)c1F. The summed E-state index contributed by atoms with van der Waals surface area (Å²) in [6.07, 6.45) is -0.968. The van der Waals surface area contributed by atoms with Crippen molar-refractivity contribution in [2.24, 2.45) is 5.73 Å². The molecule has 0 aliphatic rings. The molecule has 0 radical (unpaired) electrons. The van der Waals surface area contributed by atoms with E-state index in [1.54, 1.807) is 6.92 Å². The Labute approximate surface area is 81.4 Å². The monoisotopic (exact) mass is 201 g/mol. The molecule has 3 N–H and O–H groups in total. The van der Waals surface area contributed by atoms with Gasteiger partial charge < -0.3 is 10.8 Å². The molecule has 0 fully saturated rings. The topological polar surface area (TPSA) is 46.2 Å². The molecule has 0 spiro atoms. The minimum absolute atomic E-state index is 0.106. The van der Waals surface area contributed by atoms with Crippen LogP contribution in [0.15, 0.2) is 12.1 Å². The summed E-state index contributed by atoms with van der Waals surface area (Å²) in [5.41, 5.74) is 5.90. The zero-order valence-electron chi connectivity index (χ0n) is 8.09. The van der Waals surface area contributed by atoms with Gasteiger partial charge in [0.25, 0.3) is 0 Å². The summed E-state index contributed by atoms with van der Waals surface area (Å²) in [6, 6.07) is 1.82. The molecule has 2 atom stereocenters. The summed E-state index contributed by atoms with van der Waals surface area (Å²) in [5, 5.41) is 9.58. The highest BCUT2D eigenvalue weighted by Gasteiger charge is 2.18. The first-order valence-corrected chi connectivity index (χ1v) is 4.33. The molecule has 1 rings (SSSR count). The molecule has 0 bridgehead atoms. The first-order valence-electron chi connectivity index (χ1n) is 4.33. The van der Waals surface area contributed by atoms with E-state index in [4.69, 9.17) is 5.73 Å². The van der Waals surface area contributed by atoms with Crippen LogP contribution in [0.25, 0.3) is 0 Å². The molecule has 0 unspecified atom stereocenters. The highest BCUT2D eigenvalue weighted by molar-refractivity contribution is 5.30. The van der Waals surface area contributed by atoms with E-state index in [-0.39, 0.29) is 5.56 Å². The fourth-order valence-corrected chi connectivity index (χ4v) is 1.27. The van der Waals surface area contributed by atoms with Crippen molar-refractivity contribution in [1.29, 1.82) is 0 Å². The van der Waals surface area contributed by atoms with Crippen molar-refractivity contribution in [2.75, 3.05) is 0 Å². The predicted molar refractivity (Wildman–Crippen MR) is 49.7 cm³/mol. The van der Waals surface area contributed by atoms with E-state index in [0.717, 1.165) is 6.07 Å². The van der Waals surface area contributed by atoms with Crippen LogP contribution in [0.2, 0.25) is 0 Å². The van der Waals surface area contributed by atoms with E-state index in [9.17, 15) is 13.9 Å². The zero-order valence-corrected chi connectivity index (χ0v) is 8.09. The predicted octanol–water partition coefficient (Wildman–Crippen LogP) is 1.65. The Morgan fingerprint density at radius 2 is 1.93 bits per heavy atom. The van der Waals surface area contributed by atoms with Crippen molar-refractivity contribution >= 4 is 0 Å². The van der Waals surface area contributed by atoms with E-state index in [0.29, 0.717) is 5.56 Å². The lowest BCUT2D eigenvalue weighted by Gasteiger charge is -2.17. The van der Waals surface area contributed by atoms with Crippen molar-refractivity contribution in [3.05, 3.63) is 34.9 Å². The smallest absolute Gasteiger partial charge is 0.162 e. The Hall–Kier alpha value is -1.00. The average molecular weight is 201 g/mol. The number of rotatable bonds is 2. The Morgan fingerprint density at radius 1 is 1.36 bits per heavy atom. The van der Waals surface area contributed by atoms with Gasteiger partial charge >= 0.3 is 0 Å². The second-order valence-electron chi connectivity index (χ2n) is 3.38. The van der Waals surface area contributed by atoms with Crippen LogP contribution in [0.4, 0.5) is 8.78 Å². The Balaban J connectivity index is 3.17. The highest BCUT2D eigenvalue weighted by Crippen LogP contribution is 2.23. The van der Waals surface area contributed by atoms with Crippen molar-refractivity contribution in [2.45, 2.75) is 26.0 Å². The van der Waals surface area contributed by atoms with Gasteiger partial charge in [-0.25, -0.2) is 8.78 Å². The minimum Gasteiger partial charge on any atom is -0.387 e. The molecule has 2 nitrogen and oxygen atoms in total.